The number of anilines is 12. The maximum Gasteiger partial charge on any atom is 0.586 e. The van der Waals surface area contributed by atoms with Crippen molar-refractivity contribution in [3.63, 3.8) is 0 Å². The average molecular weight is 1630 g/mol. The maximum absolute atomic E-state index is 13.0. The number of hydrogen-bond donors (Lipinski definition) is 8. The van der Waals surface area contributed by atoms with Gasteiger partial charge in [-0.3, -0.25) is 4.79 Å². The van der Waals surface area contributed by atoms with Crippen LogP contribution in [-0.2, 0) is 6.54 Å². The molecule has 6 aromatic carbocycles. The number of carbonyl (C=O) groups excluding carboxylic acids is 1. The second-order valence-electron chi connectivity index (χ2n) is 24.4. The minimum Gasteiger partial charge on any atom is -0.494 e. The molecule has 0 unspecified atom stereocenters. The highest BCUT2D eigenvalue weighted by Gasteiger charge is 2.43. The summed E-state index contributed by atoms with van der Waals surface area (Å²) in [7, 11) is 0. The Morgan fingerprint density at radius 2 is 0.704 bits per heavy atom. The van der Waals surface area contributed by atoms with Gasteiger partial charge in [-0.25, -0.2) is 74.8 Å². The number of benzene rings is 6. The van der Waals surface area contributed by atoms with E-state index in [0.29, 0.717) is 65.5 Å². The summed E-state index contributed by atoms with van der Waals surface area (Å²) in [5.74, 6) is 2.72. The number of nitrogens with one attached hydrogen (secondary N) is 6. The molecule has 0 bridgehead atoms. The fourth-order valence-corrected chi connectivity index (χ4v) is 13.6. The van der Waals surface area contributed by atoms with E-state index in [0.717, 1.165) is 116 Å². The second kappa shape index (κ2) is 38.1. The first-order chi connectivity index (χ1) is 55.8. The highest BCUT2D eigenvalue weighted by molar-refractivity contribution is 7.11. The summed E-state index contributed by atoms with van der Waals surface area (Å²) in [4.78, 5) is 76.8. The number of ether oxygens (including phenoxy) is 3. The molecule has 0 fully saturated rings. The zero-order valence-electron chi connectivity index (χ0n) is 62.2. The lowest BCUT2D eigenvalue weighted by atomic mass is 10.2. The van der Waals surface area contributed by atoms with Gasteiger partial charge in [0.1, 0.15) is 34.2 Å². The van der Waals surface area contributed by atoms with Crippen molar-refractivity contribution in [3.8, 4) is 74.2 Å². The summed E-state index contributed by atoms with van der Waals surface area (Å²) in [6.07, 6.45) is 4.82. The van der Waals surface area contributed by atoms with Crippen LogP contribution in [0.5, 0.6) is 17.2 Å². The average Bonchev–Trinajstić information content (AvgIpc) is 1.64. The number of fused-ring (bicyclic) bond motifs is 1. The molecule has 11 heterocycles. The predicted molar refractivity (Wildman–Crippen MR) is 452 cm³/mol. The smallest absolute Gasteiger partial charge is 0.494 e. The molecule has 10 aromatic heterocycles. The fourth-order valence-electron chi connectivity index (χ4n) is 10.5. The summed E-state index contributed by atoms with van der Waals surface area (Å²) >= 11 is 7.93. The van der Waals surface area contributed by atoms with E-state index in [9.17, 15) is 13.6 Å². The largest absolute Gasteiger partial charge is 0.586 e. The number of thiazole rings is 5. The first-order valence-corrected chi connectivity index (χ1v) is 39.6. The molecule has 0 saturated heterocycles. The van der Waals surface area contributed by atoms with E-state index in [1.165, 1.54) is 23.5 Å². The van der Waals surface area contributed by atoms with E-state index in [1.54, 1.807) is 113 Å². The molecule has 34 heteroatoms. The zero-order chi connectivity index (χ0) is 80.1. The SMILES string of the molecule is CCOc1ccc(Nc2nccc(-c3csc(C)n3)n2)cc1.Cc1nc(-c2ccnc(Nc3ccc(Nc4ccccc4)cc3)n2)cs1.Cc1nc(-c2ccnc(Nc3ccc4c(c3)OC(F)(F)O4)n2)cs1.Cc1nc(-c2ccnc(Nc3cccc(C(N)=O)c3)n2)cs1.Cc1nc(-c2ccnc(Nc3cccc(CN)c3)n2)cs1. The number of nitrogens with two attached hydrogens (primary N) is 2. The van der Waals surface area contributed by atoms with Crippen molar-refractivity contribution in [2.45, 2.75) is 54.4 Å². The molecule has 0 saturated carbocycles. The molecule has 1 aliphatic heterocycles. The summed E-state index contributed by atoms with van der Waals surface area (Å²) in [5, 5.41) is 33.8. The van der Waals surface area contributed by atoms with E-state index >= 15 is 0 Å². The van der Waals surface area contributed by atoms with Crippen molar-refractivity contribution in [1.29, 1.82) is 0 Å². The van der Waals surface area contributed by atoms with Gasteiger partial charge in [-0.05, 0) is 181 Å². The highest BCUT2D eigenvalue weighted by Crippen LogP contribution is 2.43. The maximum atomic E-state index is 13.0. The molecular formula is C81H71F2N23O4S5. The quantitative estimate of drug-likeness (QED) is 0.0331. The zero-order valence-corrected chi connectivity index (χ0v) is 66.3. The molecule has 1 aliphatic rings. The van der Waals surface area contributed by atoms with Crippen molar-refractivity contribution >= 4 is 132 Å². The lowest BCUT2D eigenvalue weighted by Crippen LogP contribution is -2.25. The number of amides is 1. The molecule has 17 rings (SSSR count). The molecule has 10 N–H and O–H groups in total. The van der Waals surface area contributed by atoms with Crippen LogP contribution >= 0.6 is 56.7 Å². The van der Waals surface area contributed by atoms with Crippen LogP contribution in [0.1, 0.15) is 47.9 Å². The Bertz CT molecular complexity index is 5920. The topological polar surface area (TPSA) is 362 Å². The van der Waals surface area contributed by atoms with Crippen LogP contribution in [0.2, 0.25) is 0 Å². The fraction of sp³-hybridized carbons (Fsp3) is 0.111. The monoisotopic (exact) mass is 1630 g/mol. The van der Waals surface area contributed by atoms with Crippen LogP contribution in [0, 0.1) is 34.6 Å². The van der Waals surface area contributed by atoms with Gasteiger partial charge in [0.2, 0.25) is 35.6 Å². The number of carbonyl (C=O) groups is 1. The standard InChI is InChI=1S/C20H17N5S.C16H16N4OS.C15H10F2N4O2S.C15H13N5OS.C15H15N5S/c1-14-22-19(13-26-14)18-11-12-21-20(25-18)24-17-9-7-16(8-10-17)23-15-5-3-2-4-6-15;1-3-21-13-6-4-12(5-7-13)19-16-17-9-8-14(20-16)15-10-22-11(2)18-15;1-8-19-11(7-24-8)10-4-5-18-14(21-10)20-9-2-3-12-13(6-9)23-15(16,17)22-12;1-9-18-13(8-22-9)12-5-6-17-15(20-12)19-11-4-2-3-10(7-11)14(16)21;1-10-18-14(9-21-10)13-5-6-17-15(20-13)19-12-4-2-3-11(7-12)8-16/h2-13,23H,1H3,(H,21,24,25);4-10H,3H2,1-2H3,(H,17,19,20);2-7H,1H3,(H,18,20,21);2-8H,1H3,(H2,16,21)(H,17,19,20);2-7,9H,8,16H2,1H3,(H,17,19,20). The van der Waals surface area contributed by atoms with Gasteiger partial charge >= 0.3 is 6.29 Å². The molecule has 27 nitrogen and oxygen atoms in total. The van der Waals surface area contributed by atoms with Crippen LogP contribution in [0.25, 0.3) is 56.9 Å². The molecular weight excluding hydrogens is 1560 g/mol. The summed E-state index contributed by atoms with van der Waals surface area (Å²) in [6, 6.07) is 54.1. The van der Waals surface area contributed by atoms with Crippen molar-refractivity contribution in [3.05, 3.63) is 270 Å². The number of rotatable bonds is 21. The third kappa shape index (κ3) is 23.0. The number of para-hydroxylation sites is 1. The number of nitrogens with zero attached hydrogens (tertiary/aromatic N) is 15. The Balaban J connectivity index is 0.000000125. The van der Waals surface area contributed by atoms with Crippen LogP contribution in [0.3, 0.4) is 0 Å². The molecule has 0 spiro atoms. The van der Waals surface area contributed by atoms with Crippen molar-refractivity contribution in [2.24, 2.45) is 11.5 Å². The van der Waals surface area contributed by atoms with E-state index in [1.807, 2.05) is 196 Å². The van der Waals surface area contributed by atoms with Gasteiger partial charge in [0.05, 0.1) is 60.1 Å². The van der Waals surface area contributed by atoms with Gasteiger partial charge in [-0.2, -0.15) is 0 Å². The van der Waals surface area contributed by atoms with Crippen molar-refractivity contribution in [1.82, 2.24) is 74.8 Å². The van der Waals surface area contributed by atoms with Crippen LogP contribution in [0.15, 0.2) is 234 Å². The Morgan fingerprint density at radius 3 is 1.08 bits per heavy atom. The molecule has 0 aliphatic carbocycles. The Hall–Kier alpha value is -13.6. The number of aryl methyl sites for hydroxylation is 5. The van der Waals surface area contributed by atoms with E-state index < -0.39 is 12.2 Å². The number of alkyl halides is 2. The summed E-state index contributed by atoms with van der Waals surface area (Å²) in [6.45, 7) is 12.9. The Labute approximate surface area is 678 Å². The summed E-state index contributed by atoms with van der Waals surface area (Å²) < 4.78 is 40.3. The third-order valence-electron chi connectivity index (χ3n) is 15.8. The first-order valence-electron chi connectivity index (χ1n) is 35.2. The van der Waals surface area contributed by atoms with Crippen LogP contribution in [-0.4, -0.2) is 93.6 Å². The molecule has 1 amide bonds. The van der Waals surface area contributed by atoms with E-state index in [2.05, 4.69) is 116 Å². The van der Waals surface area contributed by atoms with E-state index in [-0.39, 0.29) is 11.5 Å². The minimum absolute atomic E-state index is 0.0156. The van der Waals surface area contributed by atoms with Gasteiger partial charge in [0.25, 0.3) is 0 Å². The number of primary amides is 1. The number of halogens is 2. The Kier molecular flexibility index (Phi) is 26.3. The number of hydrogen-bond acceptors (Lipinski definition) is 31. The van der Waals surface area contributed by atoms with Gasteiger partial charge in [0, 0.05) is 116 Å². The van der Waals surface area contributed by atoms with Crippen LogP contribution in [0.4, 0.5) is 78.3 Å². The first kappa shape index (κ1) is 79.4. The second-order valence-corrected chi connectivity index (χ2v) is 29.7. The molecule has 115 heavy (non-hydrogen) atoms. The van der Waals surface area contributed by atoms with Gasteiger partial charge < -0.3 is 57.6 Å². The lowest BCUT2D eigenvalue weighted by Gasteiger charge is -2.09. The minimum atomic E-state index is -3.64. The van der Waals surface area contributed by atoms with Gasteiger partial charge in [0.15, 0.2) is 11.5 Å². The van der Waals surface area contributed by atoms with E-state index in [4.69, 9.17) is 16.2 Å². The molecule has 0 radical (unpaired) electrons. The van der Waals surface area contributed by atoms with Crippen LogP contribution < -0.4 is 57.6 Å². The third-order valence-corrected chi connectivity index (χ3v) is 19.7. The van der Waals surface area contributed by atoms with Gasteiger partial charge in [-0.15, -0.1) is 65.5 Å². The summed E-state index contributed by atoms with van der Waals surface area (Å²) in [5.41, 5.74) is 26.5. The molecule has 578 valence electrons. The molecule has 16 aromatic rings. The number of aromatic nitrogens is 15. The highest BCUT2D eigenvalue weighted by atomic mass is 32.1. The van der Waals surface area contributed by atoms with Crippen molar-refractivity contribution < 1.29 is 27.8 Å². The van der Waals surface area contributed by atoms with Gasteiger partial charge in [-0.1, -0.05) is 36.4 Å². The normalized spacial score (nSPS) is 11.3. The van der Waals surface area contributed by atoms with Crippen molar-refractivity contribution in [2.75, 3.05) is 38.5 Å². The molecule has 0 atom stereocenters. The lowest BCUT2D eigenvalue weighted by molar-refractivity contribution is -0.286. The Morgan fingerprint density at radius 1 is 0.374 bits per heavy atom. The predicted octanol–water partition coefficient (Wildman–Crippen LogP) is 19.3.